The molecule has 6 heteroatoms. The molecule has 2 amide bonds. The number of anilines is 1. The van der Waals surface area contributed by atoms with Crippen LogP contribution >= 0.6 is 11.3 Å². The Morgan fingerprint density at radius 3 is 2.90 bits per heavy atom. The van der Waals surface area contributed by atoms with Crippen molar-refractivity contribution in [2.75, 3.05) is 18.5 Å². The average molecular weight is 407 g/mol. The lowest BCUT2D eigenvalue weighted by molar-refractivity contribution is 0.0548. The van der Waals surface area contributed by atoms with Crippen LogP contribution < -0.4 is 10.1 Å². The first kappa shape index (κ1) is 18.2. The third-order valence-electron chi connectivity index (χ3n) is 5.71. The number of carbonyl (C=O) groups is 2. The first-order valence-electron chi connectivity index (χ1n) is 10.1. The minimum atomic E-state index is -0.166. The Hall–Kier alpha value is -2.86. The van der Waals surface area contributed by atoms with E-state index in [0.29, 0.717) is 28.5 Å². The van der Waals surface area contributed by atoms with Gasteiger partial charge in [0.25, 0.3) is 11.8 Å². The highest BCUT2D eigenvalue weighted by Gasteiger charge is 2.31. The molecule has 0 saturated carbocycles. The van der Waals surface area contributed by atoms with Crippen molar-refractivity contribution in [3.63, 3.8) is 0 Å². The molecule has 1 atom stereocenters. The number of rotatable bonds is 2. The molecule has 3 heterocycles. The van der Waals surface area contributed by atoms with Gasteiger partial charge in [0.15, 0.2) is 0 Å². The molecular formula is C23H22N2O3S. The van der Waals surface area contributed by atoms with Gasteiger partial charge in [-0.25, -0.2) is 0 Å². The van der Waals surface area contributed by atoms with Crippen LogP contribution in [0.1, 0.15) is 45.7 Å². The van der Waals surface area contributed by atoms with Crippen molar-refractivity contribution in [2.45, 2.75) is 31.7 Å². The quantitative estimate of drug-likeness (QED) is 0.656. The largest absolute Gasteiger partial charge is 0.493 e. The lowest BCUT2D eigenvalue weighted by atomic mass is 9.97. The van der Waals surface area contributed by atoms with E-state index < -0.39 is 0 Å². The number of nitrogens with zero attached hydrogens (tertiary/aromatic N) is 1. The number of thiophene rings is 1. The summed E-state index contributed by atoms with van der Waals surface area (Å²) in [6.07, 6.45) is 4.11. The topological polar surface area (TPSA) is 58.6 Å². The van der Waals surface area contributed by atoms with Crippen molar-refractivity contribution in [2.24, 2.45) is 0 Å². The number of nitrogens with one attached hydrogen (secondary N) is 1. The molecule has 5 rings (SSSR count). The molecule has 29 heavy (non-hydrogen) atoms. The molecule has 3 aromatic rings. The van der Waals surface area contributed by atoms with Crippen LogP contribution in [0.25, 0.3) is 10.1 Å². The molecule has 0 aliphatic carbocycles. The summed E-state index contributed by atoms with van der Waals surface area (Å²) in [7, 11) is 0. The Bertz CT molecular complexity index is 1060. The summed E-state index contributed by atoms with van der Waals surface area (Å²) in [5.41, 5.74) is 1.14. The van der Waals surface area contributed by atoms with E-state index in [9.17, 15) is 9.59 Å². The minimum absolute atomic E-state index is 0.00219. The number of ether oxygens (including phenoxy) is 1. The number of hydrogen-bond acceptors (Lipinski definition) is 4. The van der Waals surface area contributed by atoms with Gasteiger partial charge in [-0.3, -0.25) is 9.59 Å². The standard InChI is InChI=1S/C23H22N2O3S/c26-22(21-13-15-5-1-2-7-20(15)29-21)24-16-8-9-19-18(14-16)23(27)25-11-4-3-6-17(25)10-12-28-19/h1-2,5,7-9,13-14,17H,3-4,6,10-12H2,(H,24,26). The molecule has 5 nitrogen and oxygen atoms in total. The second kappa shape index (κ2) is 7.52. The Balaban J connectivity index is 1.42. The van der Waals surface area contributed by atoms with Gasteiger partial charge in [-0.05, 0) is 55.0 Å². The summed E-state index contributed by atoms with van der Waals surface area (Å²) in [5, 5.41) is 4.00. The highest BCUT2D eigenvalue weighted by molar-refractivity contribution is 7.20. The van der Waals surface area contributed by atoms with Crippen LogP contribution in [0.15, 0.2) is 48.5 Å². The molecule has 0 radical (unpaired) electrons. The molecular weight excluding hydrogens is 384 g/mol. The molecule has 1 unspecified atom stereocenters. The van der Waals surface area contributed by atoms with Gasteiger partial charge in [0.1, 0.15) is 5.75 Å². The Morgan fingerprint density at radius 2 is 2.00 bits per heavy atom. The van der Waals surface area contributed by atoms with E-state index in [-0.39, 0.29) is 17.9 Å². The molecule has 2 aliphatic rings. The molecule has 148 valence electrons. The number of amides is 2. The molecule has 2 aromatic carbocycles. The van der Waals surface area contributed by atoms with Crippen molar-refractivity contribution < 1.29 is 14.3 Å². The lowest BCUT2D eigenvalue weighted by Crippen LogP contribution is -2.45. The van der Waals surface area contributed by atoms with Crippen LogP contribution in [0, 0.1) is 0 Å². The van der Waals surface area contributed by atoms with Crippen molar-refractivity contribution >= 4 is 38.9 Å². The molecule has 1 fully saturated rings. The molecule has 2 aliphatic heterocycles. The summed E-state index contributed by atoms with van der Waals surface area (Å²) in [6.45, 7) is 1.40. The molecule has 1 saturated heterocycles. The minimum Gasteiger partial charge on any atom is -0.493 e. The predicted octanol–water partition coefficient (Wildman–Crippen LogP) is 4.93. The summed E-state index contributed by atoms with van der Waals surface area (Å²) in [6, 6.07) is 15.4. The van der Waals surface area contributed by atoms with Gasteiger partial charge in [0.2, 0.25) is 0 Å². The van der Waals surface area contributed by atoms with Crippen molar-refractivity contribution in [3.05, 3.63) is 59.0 Å². The van der Waals surface area contributed by atoms with E-state index in [1.165, 1.54) is 11.3 Å². The zero-order chi connectivity index (χ0) is 19.8. The van der Waals surface area contributed by atoms with Crippen LogP contribution in [-0.4, -0.2) is 35.9 Å². The van der Waals surface area contributed by atoms with E-state index in [4.69, 9.17) is 4.74 Å². The zero-order valence-corrected chi connectivity index (χ0v) is 16.8. The van der Waals surface area contributed by atoms with Crippen LogP contribution in [0.4, 0.5) is 5.69 Å². The summed E-state index contributed by atoms with van der Waals surface area (Å²) < 4.78 is 6.95. The van der Waals surface area contributed by atoms with Crippen molar-refractivity contribution in [1.82, 2.24) is 4.90 Å². The Morgan fingerprint density at radius 1 is 1.10 bits per heavy atom. The third-order valence-corrected chi connectivity index (χ3v) is 6.83. The van der Waals surface area contributed by atoms with Crippen molar-refractivity contribution in [1.29, 1.82) is 0 Å². The van der Waals surface area contributed by atoms with Crippen molar-refractivity contribution in [3.8, 4) is 5.75 Å². The number of piperidine rings is 1. The molecule has 1 aromatic heterocycles. The Labute approximate surface area is 173 Å². The number of fused-ring (bicyclic) bond motifs is 3. The van der Waals surface area contributed by atoms with Gasteiger partial charge in [-0.2, -0.15) is 0 Å². The zero-order valence-electron chi connectivity index (χ0n) is 16.0. The van der Waals surface area contributed by atoms with E-state index in [2.05, 4.69) is 5.32 Å². The fraction of sp³-hybridized carbons (Fsp3) is 0.304. The van der Waals surface area contributed by atoms with Crippen LogP contribution in [-0.2, 0) is 0 Å². The Kier molecular flexibility index (Phi) is 4.72. The fourth-order valence-electron chi connectivity index (χ4n) is 4.21. The fourth-order valence-corrected chi connectivity index (χ4v) is 5.17. The maximum absolute atomic E-state index is 13.2. The summed E-state index contributed by atoms with van der Waals surface area (Å²) in [5.74, 6) is 0.433. The van der Waals surface area contributed by atoms with Gasteiger partial charge in [0, 0.05) is 29.4 Å². The van der Waals surface area contributed by atoms with Crippen LogP contribution in [0.5, 0.6) is 5.75 Å². The smallest absolute Gasteiger partial charge is 0.265 e. The summed E-state index contributed by atoms with van der Waals surface area (Å²) in [4.78, 5) is 28.6. The van der Waals surface area contributed by atoms with Gasteiger partial charge >= 0.3 is 0 Å². The van der Waals surface area contributed by atoms with E-state index in [1.54, 1.807) is 18.2 Å². The lowest BCUT2D eigenvalue weighted by Gasteiger charge is -2.37. The first-order chi connectivity index (χ1) is 14.2. The van der Waals surface area contributed by atoms with Gasteiger partial charge < -0.3 is 15.0 Å². The second-order valence-electron chi connectivity index (χ2n) is 7.60. The highest BCUT2D eigenvalue weighted by Crippen LogP contribution is 2.31. The van der Waals surface area contributed by atoms with Gasteiger partial charge in [-0.1, -0.05) is 18.2 Å². The maximum atomic E-state index is 13.2. The van der Waals surface area contributed by atoms with Gasteiger partial charge in [-0.15, -0.1) is 11.3 Å². The first-order valence-corrected chi connectivity index (χ1v) is 10.9. The van der Waals surface area contributed by atoms with E-state index in [1.807, 2.05) is 35.2 Å². The molecule has 1 N–H and O–H groups in total. The normalized spacial score (nSPS) is 19.0. The molecule has 0 bridgehead atoms. The second-order valence-corrected chi connectivity index (χ2v) is 8.68. The summed E-state index contributed by atoms with van der Waals surface area (Å²) >= 11 is 1.46. The SMILES string of the molecule is O=C(Nc1ccc2c(c1)C(=O)N1CCCCC1CCO2)c1cc2ccccc2s1. The number of benzene rings is 2. The predicted molar refractivity (Wildman–Crippen MR) is 115 cm³/mol. The average Bonchev–Trinajstić information content (AvgIpc) is 3.18. The van der Waals surface area contributed by atoms with Gasteiger partial charge in [0.05, 0.1) is 17.0 Å². The number of hydrogen-bond donors (Lipinski definition) is 1. The maximum Gasteiger partial charge on any atom is 0.265 e. The van der Waals surface area contributed by atoms with Crippen LogP contribution in [0.2, 0.25) is 0 Å². The highest BCUT2D eigenvalue weighted by atomic mass is 32.1. The van der Waals surface area contributed by atoms with E-state index >= 15 is 0 Å². The van der Waals surface area contributed by atoms with Crippen LogP contribution in [0.3, 0.4) is 0 Å². The monoisotopic (exact) mass is 406 g/mol. The van der Waals surface area contributed by atoms with E-state index in [0.717, 1.165) is 42.3 Å². The third kappa shape index (κ3) is 3.49. The number of carbonyl (C=O) groups excluding carboxylic acids is 2. The molecule has 0 spiro atoms.